The Labute approximate surface area is 166 Å². The van der Waals surface area contributed by atoms with Crippen molar-refractivity contribution in [1.82, 2.24) is 19.8 Å². The van der Waals surface area contributed by atoms with Gasteiger partial charge in [-0.2, -0.15) is 0 Å². The molecule has 0 radical (unpaired) electrons. The van der Waals surface area contributed by atoms with Crippen LogP contribution in [0, 0.1) is 6.92 Å². The Morgan fingerprint density at radius 2 is 1.89 bits per heavy atom. The number of hydrogen-bond donors (Lipinski definition) is 1. The Hall–Kier alpha value is -2.73. The van der Waals surface area contributed by atoms with Crippen LogP contribution < -0.4 is 5.32 Å². The molecular weight excluding hydrogens is 350 g/mol. The number of amides is 1. The lowest BCUT2D eigenvalue weighted by atomic mass is 10.2. The first-order valence-corrected chi connectivity index (χ1v) is 10.0. The Morgan fingerprint density at radius 1 is 1.14 bits per heavy atom. The summed E-state index contributed by atoms with van der Waals surface area (Å²) in [6.45, 7) is 5.95. The summed E-state index contributed by atoms with van der Waals surface area (Å²) in [5.41, 5.74) is 1.71. The number of carbonyl (C=O) groups excluding carboxylic acids is 1. The molecule has 1 aromatic carbocycles. The summed E-state index contributed by atoms with van der Waals surface area (Å²) in [5.74, 6) is 1.41. The van der Waals surface area contributed by atoms with Gasteiger partial charge < -0.3 is 10.2 Å². The molecule has 1 aromatic heterocycles. The molecule has 1 saturated heterocycles. The van der Waals surface area contributed by atoms with Crippen LogP contribution >= 0.6 is 0 Å². The number of benzene rings is 1. The van der Waals surface area contributed by atoms with Gasteiger partial charge in [0.15, 0.2) is 0 Å². The van der Waals surface area contributed by atoms with Crippen LogP contribution in [-0.4, -0.2) is 64.4 Å². The Kier molecular flexibility index (Phi) is 5.67. The van der Waals surface area contributed by atoms with Gasteiger partial charge in [-0.15, -0.1) is 0 Å². The van der Waals surface area contributed by atoms with E-state index in [0.717, 1.165) is 38.5 Å². The second-order valence-corrected chi connectivity index (χ2v) is 7.51. The van der Waals surface area contributed by atoms with Gasteiger partial charge in [-0.3, -0.25) is 9.69 Å². The van der Waals surface area contributed by atoms with Crippen molar-refractivity contribution in [2.75, 3.05) is 38.0 Å². The lowest BCUT2D eigenvalue weighted by Crippen LogP contribution is -2.48. The largest absolute Gasteiger partial charge is 0.367 e. The van der Waals surface area contributed by atoms with Crippen LogP contribution in [-0.2, 0) is 0 Å². The predicted octanol–water partition coefficient (Wildman–Crippen LogP) is 2.83. The molecule has 1 saturated carbocycles. The smallest absolute Gasteiger partial charge is 0.272 e. The summed E-state index contributed by atoms with van der Waals surface area (Å²) < 4.78 is 0. The van der Waals surface area contributed by atoms with Gasteiger partial charge in [0, 0.05) is 44.8 Å². The minimum Gasteiger partial charge on any atom is -0.367 e. The standard InChI is InChI=1S/C22H27N5O/c1-17-23-20(16-21(24-17)25-19-9-10-19)22(28)27-14-12-26(13-15-27)11-5-8-18-6-3-2-4-7-18/h2-8,16,19H,9-15H2,1H3,(H,23,24,25)/b8-5+. The van der Waals surface area contributed by atoms with E-state index in [1.165, 1.54) is 18.4 Å². The van der Waals surface area contributed by atoms with Gasteiger partial charge in [-0.05, 0) is 25.3 Å². The topological polar surface area (TPSA) is 61.4 Å². The molecule has 6 nitrogen and oxygen atoms in total. The van der Waals surface area contributed by atoms with E-state index in [-0.39, 0.29) is 5.91 Å². The minimum absolute atomic E-state index is 0.00354. The average Bonchev–Trinajstić information content (AvgIpc) is 3.52. The van der Waals surface area contributed by atoms with Crippen molar-refractivity contribution in [3.8, 4) is 0 Å². The highest BCUT2D eigenvalue weighted by Crippen LogP contribution is 2.24. The highest BCUT2D eigenvalue weighted by molar-refractivity contribution is 5.93. The monoisotopic (exact) mass is 377 g/mol. The van der Waals surface area contributed by atoms with E-state index in [2.05, 4.69) is 44.5 Å². The van der Waals surface area contributed by atoms with Gasteiger partial charge in [0.2, 0.25) is 0 Å². The molecule has 1 amide bonds. The van der Waals surface area contributed by atoms with Crippen LogP contribution in [0.3, 0.4) is 0 Å². The molecule has 2 aromatic rings. The van der Waals surface area contributed by atoms with Crippen molar-refractivity contribution in [3.63, 3.8) is 0 Å². The number of hydrogen-bond acceptors (Lipinski definition) is 5. The first-order valence-electron chi connectivity index (χ1n) is 10.0. The Morgan fingerprint density at radius 3 is 2.61 bits per heavy atom. The number of nitrogens with zero attached hydrogens (tertiary/aromatic N) is 4. The maximum absolute atomic E-state index is 12.9. The summed E-state index contributed by atoms with van der Waals surface area (Å²) >= 11 is 0. The van der Waals surface area contributed by atoms with E-state index in [0.29, 0.717) is 17.6 Å². The summed E-state index contributed by atoms with van der Waals surface area (Å²) in [6.07, 6.45) is 6.69. The van der Waals surface area contributed by atoms with E-state index in [4.69, 9.17) is 0 Å². The number of anilines is 1. The zero-order valence-corrected chi connectivity index (χ0v) is 16.3. The van der Waals surface area contributed by atoms with Crippen LogP contribution in [0.5, 0.6) is 0 Å². The van der Waals surface area contributed by atoms with Crippen LogP contribution in [0.15, 0.2) is 42.5 Å². The van der Waals surface area contributed by atoms with Crippen molar-refractivity contribution in [2.45, 2.75) is 25.8 Å². The van der Waals surface area contributed by atoms with Gasteiger partial charge in [0.25, 0.3) is 5.91 Å². The van der Waals surface area contributed by atoms with Gasteiger partial charge in [0.05, 0.1) is 0 Å². The van der Waals surface area contributed by atoms with Crippen LogP contribution in [0.1, 0.15) is 34.7 Å². The van der Waals surface area contributed by atoms with E-state index in [1.54, 1.807) is 6.07 Å². The third-order valence-corrected chi connectivity index (χ3v) is 5.12. The number of rotatable bonds is 6. The molecule has 6 heteroatoms. The maximum Gasteiger partial charge on any atom is 0.272 e. The molecule has 2 heterocycles. The number of piperazine rings is 1. The van der Waals surface area contributed by atoms with E-state index < -0.39 is 0 Å². The molecule has 0 atom stereocenters. The van der Waals surface area contributed by atoms with Gasteiger partial charge in [-0.25, -0.2) is 9.97 Å². The summed E-state index contributed by atoms with van der Waals surface area (Å²) in [7, 11) is 0. The summed E-state index contributed by atoms with van der Waals surface area (Å²) in [5, 5.41) is 3.36. The van der Waals surface area contributed by atoms with Crippen LogP contribution in [0.2, 0.25) is 0 Å². The first-order chi connectivity index (χ1) is 13.7. The molecule has 2 fully saturated rings. The molecule has 1 N–H and O–H groups in total. The summed E-state index contributed by atoms with van der Waals surface area (Å²) in [4.78, 5) is 25.9. The number of nitrogens with one attached hydrogen (secondary N) is 1. The van der Waals surface area contributed by atoms with Crippen LogP contribution in [0.4, 0.5) is 5.82 Å². The maximum atomic E-state index is 12.9. The van der Waals surface area contributed by atoms with Crippen molar-refractivity contribution in [1.29, 1.82) is 0 Å². The molecule has 0 spiro atoms. The van der Waals surface area contributed by atoms with E-state index in [1.807, 2.05) is 30.0 Å². The molecule has 1 aliphatic carbocycles. The van der Waals surface area contributed by atoms with Crippen LogP contribution in [0.25, 0.3) is 6.08 Å². The Bertz CT molecular complexity index is 839. The second kappa shape index (κ2) is 8.52. The van der Waals surface area contributed by atoms with Gasteiger partial charge >= 0.3 is 0 Å². The normalized spacial score (nSPS) is 17.8. The molecular formula is C22H27N5O. The Balaban J connectivity index is 1.30. The second-order valence-electron chi connectivity index (χ2n) is 7.51. The lowest BCUT2D eigenvalue weighted by Gasteiger charge is -2.34. The number of aromatic nitrogens is 2. The fraction of sp³-hybridized carbons (Fsp3) is 0.409. The van der Waals surface area contributed by atoms with E-state index in [9.17, 15) is 4.79 Å². The summed E-state index contributed by atoms with van der Waals surface area (Å²) in [6, 6.07) is 12.6. The fourth-order valence-electron chi connectivity index (χ4n) is 3.39. The van der Waals surface area contributed by atoms with Crippen molar-refractivity contribution in [3.05, 3.63) is 59.6 Å². The molecule has 28 heavy (non-hydrogen) atoms. The van der Waals surface area contributed by atoms with Gasteiger partial charge in [0.1, 0.15) is 17.3 Å². The highest BCUT2D eigenvalue weighted by Gasteiger charge is 2.25. The molecule has 0 bridgehead atoms. The van der Waals surface area contributed by atoms with Gasteiger partial charge in [-0.1, -0.05) is 42.5 Å². The zero-order chi connectivity index (χ0) is 19.3. The molecule has 146 valence electrons. The van der Waals surface area contributed by atoms with Crippen molar-refractivity contribution >= 4 is 17.8 Å². The van der Waals surface area contributed by atoms with Crippen molar-refractivity contribution in [2.24, 2.45) is 0 Å². The number of aryl methyl sites for hydroxylation is 1. The lowest BCUT2D eigenvalue weighted by molar-refractivity contribution is 0.0644. The zero-order valence-electron chi connectivity index (χ0n) is 16.3. The van der Waals surface area contributed by atoms with E-state index >= 15 is 0 Å². The third-order valence-electron chi connectivity index (χ3n) is 5.12. The molecule has 1 aliphatic heterocycles. The first kappa shape index (κ1) is 18.6. The highest BCUT2D eigenvalue weighted by atomic mass is 16.2. The third kappa shape index (κ3) is 4.95. The SMILES string of the molecule is Cc1nc(NC2CC2)cc(C(=O)N2CCN(C/C=C/c3ccccc3)CC2)n1. The predicted molar refractivity (Wildman–Crippen MR) is 111 cm³/mol. The molecule has 2 aliphatic rings. The minimum atomic E-state index is 0.00354. The quantitative estimate of drug-likeness (QED) is 0.839. The fourth-order valence-corrected chi connectivity index (χ4v) is 3.39. The number of carbonyl (C=O) groups is 1. The van der Waals surface area contributed by atoms with Crippen molar-refractivity contribution < 1.29 is 4.79 Å². The molecule has 0 unspecified atom stereocenters. The molecule has 4 rings (SSSR count). The average molecular weight is 377 g/mol.